The number of nitrogens with one attached hydrogen (secondary N) is 1. The molecule has 66 valence electrons. The van der Waals surface area contributed by atoms with Crippen molar-refractivity contribution in [2.75, 3.05) is 6.50 Å². The molecule has 0 heterocycles. The molecule has 0 saturated heterocycles. The maximum atomic E-state index is 10.5. The van der Waals surface area contributed by atoms with Gasteiger partial charge in [-0.25, -0.2) is 0 Å². The summed E-state index contributed by atoms with van der Waals surface area (Å²) in [5.41, 5.74) is -0.874. The maximum Gasteiger partial charge on any atom is 0.303 e. The number of aliphatic carboxylic acids is 1. The van der Waals surface area contributed by atoms with Gasteiger partial charge in [0.1, 0.15) is 1.41 Å². The summed E-state index contributed by atoms with van der Waals surface area (Å²) in [6, 6.07) is 0. The zero-order chi connectivity index (χ0) is 13.3. The second-order valence-corrected chi connectivity index (χ2v) is 3.08. The Hall–Kier alpha value is -0.570. The molecule has 0 aromatic carbocycles. The zero-order valence-electron chi connectivity index (χ0n) is 12.0. The van der Waals surface area contributed by atoms with Crippen LogP contribution in [-0.4, -0.2) is 23.1 Å². The van der Waals surface area contributed by atoms with Crippen molar-refractivity contribution in [2.24, 2.45) is 0 Å². The molecule has 3 nitrogen and oxygen atoms in total. The molecule has 2 atom stereocenters. The van der Waals surface area contributed by atoms with Gasteiger partial charge in [0.2, 0.25) is 0 Å². The molecule has 0 aliphatic carbocycles. The topological polar surface area (TPSA) is 49.3 Å². The first-order chi connectivity index (χ1) is 6.92. The van der Waals surface area contributed by atoms with E-state index in [1.165, 1.54) is 0 Å². The minimum atomic E-state index is -2.50. The Bertz CT molecular complexity index is 266. The molecule has 0 aromatic heterocycles. The second kappa shape index (κ2) is 4.34. The molecule has 0 aliphatic rings. The van der Waals surface area contributed by atoms with E-state index in [1.807, 2.05) is 0 Å². The number of carbonyl (C=O) groups is 1. The summed E-state index contributed by atoms with van der Waals surface area (Å²) >= 11 is 0. The molecule has 0 fully saturated rings. The third kappa shape index (κ3) is 9.43. The van der Waals surface area contributed by atoms with Crippen LogP contribution >= 0.6 is 0 Å². The van der Waals surface area contributed by atoms with Crippen LogP contribution in [0.3, 0.4) is 0 Å². The number of carboxylic acid groups (broad SMARTS) is 1. The van der Waals surface area contributed by atoms with Gasteiger partial charge in [0.15, 0.2) is 0 Å². The van der Waals surface area contributed by atoms with Crippen molar-refractivity contribution in [3.05, 3.63) is 0 Å². The van der Waals surface area contributed by atoms with Crippen molar-refractivity contribution in [3.8, 4) is 0 Å². The molecule has 0 aliphatic heterocycles. The quantitative estimate of drug-likeness (QED) is 0.657. The van der Waals surface area contributed by atoms with Crippen LogP contribution in [0, 0.1) is 0 Å². The summed E-state index contributed by atoms with van der Waals surface area (Å²) in [6.45, 7) is 2.22. The summed E-state index contributed by atoms with van der Waals surface area (Å²) in [6.07, 6.45) is -3.76. The predicted octanol–water partition coefficient (Wildman–Crippen LogP) is 1.24. The first-order valence-electron chi connectivity index (χ1n) is 5.89. The molecular formula is C8H17NO2. The lowest BCUT2D eigenvalue weighted by molar-refractivity contribution is -0.137. The van der Waals surface area contributed by atoms with Gasteiger partial charge in [-0.05, 0) is 33.7 Å². The van der Waals surface area contributed by atoms with Crippen molar-refractivity contribution < 1.29 is 16.8 Å². The summed E-state index contributed by atoms with van der Waals surface area (Å²) in [7, 11) is 0. The van der Waals surface area contributed by atoms with Crippen LogP contribution in [-0.2, 0) is 4.79 Å². The highest BCUT2D eigenvalue weighted by atomic mass is 16.4. The molecule has 11 heavy (non-hydrogen) atoms. The number of hydrogen-bond acceptors (Lipinski definition) is 2. The number of carboxylic acids is 1. The fourth-order valence-corrected chi connectivity index (χ4v) is 0.339. The molecule has 0 radical (unpaired) electrons. The van der Waals surface area contributed by atoms with Gasteiger partial charge >= 0.3 is 5.97 Å². The molecule has 0 amide bonds. The normalized spacial score (nSPS) is 25.6. The van der Waals surface area contributed by atoms with Crippen LogP contribution in [0.5, 0.6) is 0 Å². The van der Waals surface area contributed by atoms with Gasteiger partial charge in [-0.2, -0.15) is 0 Å². The lowest BCUT2D eigenvalue weighted by Gasteiger charge is -2.19. The Labute approximate surface area is 74.9 Å². The Morgan fingerprint density at radius 3 is 2.64 bits per heavy atom. The van der Waals surface area contributed by atoms with E-state index in [-0.39, 0.29) is 0 Å². The fraction of sp³-hybridized carbons (Fsp3) is 0.875. The molecule has 0 spiro atoms. The summed E-state index contributed by atoms with van der Waals surface area (Å²) in [5, 5.41) is 9.08. The Kier molecular flexibility index (Phi) is 1.76. The SMILES string of the molecule is [2H]C(C(=O)O)C([2H])C([2H])([2H])N([2H])C(C)(C)C. The van der Waals surface area contributed by atoms with Crippen LogP contribution in [0.15, 0.2) is 0 Å². The van der Waals surface area contributed by atoms with Gasteiger partial charge in [0, 0.05) is 17.4 Å². The average molecular weight is 164 g/mol. The summed E-state index contributed by atoms with van der Waals surface area (Å²) in [4.78, 5) is 10.5. The van der Waals surface area contributed by atoms with Crippen molar-refractivity contribution in [1.82, 2.24) is 5.31 Å². The zero-order valence-corrected chi connectivity index (χ0v) is 6.96. The fourth-order valence-electron chi connectivity index (χ4n) is 0.339. The molecule has 0 aromatic rings. The van der Waals surface area contributed by atoms with Gasteiger partial charge in [-0.1, -0.05) is 0 Å². The first-order valence-corrected chi connectivity index (χ1v) is 3.29. The predicted molar refractivity (Wildman–Crippen MR) is 44.6 cm³/mol. The van der Waals surface area contributed by atoms with Gasteiger partial charge < -0.3 is 10.4 Å². The third-order valence-electron chi connectivity index (χ3n) is 0.700. The van der Waals surface area contributed by atoms with Crippen LogP contribution in [0.4, 0.5) is 0 Å². The van der Waals surface area contributed by atoms with Crippen LogP contribution in [0.2, 0.25) is 1.41 Å². The summed E-state index contributed by atoms with van der Waals surface area (Å²) in [5.74, 6) is -1.56. The Morgan fingerprint density at radius 1 is 1.73 bits per heavy atom. The Morgan fingerprint density at radius 2 is 2.27 bits per heavy atom. The monoisotopic (exact) mass is 164 g/mol. The van der Waals surface area contributed by atoms with E-state index in [0.29, 0.717) is 5.31 Å². The van der Waals surface area contributed by atoms with Crippen LogP contribution in [0.25, 0.3) is 0 Å². The van der Waals surface area contributed by atoms with Gasteiger partial charge in [0.25, 0.3) is 0 Å². The van der Waals surface area contributed by atoms with Gasteiger partial charge in [0.05, 0.1) is 0 Å². The maximum absolute atomic E-state index is 10.5. The van der Waals surface area contributed by atoms with E-state index in [0.717, 1.165) is 0 Å². The molecular weight excluding hydrogens is 142 g/mol. The molecule has 0 rings (SSSR count). The van der Waals surface area contributed by atoms with E-state index in [2.05, 4.69) is 0 Å². The first kappa shape index (κ1) is 4.45. The second-order valence-electron chi connectivity index (χ2n) is 3.08. The molecule has 2 unspecified atom stereocenters. The minimum absolute atomic E-state index is 0.530. The average Bonchev–Trinajstić information content (AvgIpc) is 2.12. The molecule has 3 heteroatoms. The van der Waals surface area contributed by atoms with Crippen molar-refractivity contribution in [3.63, 3.8) is 0 Å². The summed E-state index contributed by atoms with van der Waals surface area (Å²) < 4.78 is 37.2. The molecule has 0 bridgehead atoms. The molecule has 0 saturated carbocycles. The highest BCUT2D eigenvalue weighted by Crippen LogP contribution is 1.98. The van der Waals surface area contributed by atoms with Gasteiger partial charge in [-0.3, -0.25) is 4.79 Å². The highest BCUT2D eigenvalue weighted by molar-refractivity contribution is 5.66. The third-order valence-corrected chi connectivity index (χ3v) is 0.700. The number of rotatable bonds is 4. The van der Waals surface area contributed by atoms with Crippen LogP contribution in [0.1, 0.15) is 39.0 Å². The van der Waals surface area contributed by atoms with Gasteiger partial charge in [-0.15, -0.1) is 0 Å². The van der Waals surface area contributed by atoms with Crippen molar-refractivity contribution >= 4 is 5.97 Å². The number of hydrogen-bond donors (Lipinski definition) is 2. The molecule has 2 N–H and O–H groups in total. The van der Waals surface area contributed by atoms with Crippen molar-refractivity contribution in [2.45, 2.75) is 39.1 Å². The lowest BCUT2D eigenvalue weighted by Crippen LogP contribution is -2.36. The highest BCUT2D eigenvalue weighted by Gasteiger charge is 2.07. The van der Waals surface area contributed by atoms with E-state index < -0.39 is 30.8 Å². The Balaban J connectivity index is 4.98. The van der Waals surface area contributed by atoms with E-state index >= 15 is 0 Å². The van der Waals surface area contributed by atoms with E-state index in [9.17, 15) is 4.79 Å². The van der Waals surface area contributed by atoms with Crippen molar-refractivity contribution in [1.29, 1.82) is 0 Å². The van der Waals surface area contributed by atoms with E-state index in [4.69, 9.17) is 12.0 Å². The smallest absolute Gasteiger partial charge is 0.303 e. The van der Waals surface area contributed by atoms with Crippen LogP contribution < -0.4 is 5.31 Å². The minimum Gasteiger partial charge on any atom is -0.481 e. The van der Waals surface area contributed by atoms with E-state index in [1.54, 1.807) is 20.8 Å². The standard InChI is InChI=1S/C8H17NO2/c1-8(2,3)9-6-4-5-7(10)11/h9H,4-6H2,1-3H3,(H,10,11)/i4D,5D,6D2/hD. The largest absolute Gasteiger partial charge is 0.481 e. The lowest BCUT2D eigenvalue weighted by atomic mass is 10.1.